The third kappa shape index (κ3) is 4.65. The fourth-order valence-corrected chi connectivity index (χ4v) is 3.54. The summed E-state index contributed by atoms with van der Waals surface area (Å²) in [4.78, 5) is 14.4. The van der Waals surface area contributed by atoms with Crippen molar-refractivity contribution in [2.45, 2.75) is 63.8 Å². The first-order chi connectivity index (χ1) is 12.3. The maximum absolute atomic E-state index is 12.4. The highest BCUT2D eigenvalue weighted by molar-refractivity contribution is 5.76. The number of tetrazole rings is 1. The minimum Gasteiger partial charge on any atom is -0.343 e. The molecule has 0 unspecified atom stereocenters. The van der Waals surface area contributed by atoms with E-state index in [-0.39, 0.29) is 5.91 Å². The lowest BCUT2D eigenvalue weighted by Crippen LogP contribution is -2.38. The molecule has 0 spiro atoms. The van der Waals surface area contributed by atoms with Gasteiger partial charge in [0.05, 0.1) is 5.69 Å². The van der Waals surface area contributed by atoms with E-state index in [9.17, 15) is 4.79 Å². The number of carbonyl (C=O) groups is 1. The van der Waals surface area contributed by atoms with Gasteiger partial charge in [0.1, 0.15) is 0 Å². The van der Waals surface area contributed by atoms with Gasteiger partial charge in [-0.3, -0.25) is 4.79 Å². The fraction of sp³-hybridized carbons (Fsp3) is 0.579. The molecule has 1 aliphatic carbocycles. The van der Waals surface area contributed by atoms with Crippen LogP contribution in [0.3, 0.4) is 0 Å². The quantitative estimate of drug-likeness (QED) is 0.726. The number of nitrogens with zero attached hydrogens (tertiary/aromatic N) is 5. The van der Waals surface area contributed by atoms with E-state index in [1.165, 1.54) is 19.3 Å². The summed E-state index contributed by atoms with van der Waals surface area (Å²) in [7, 11) is 1.97. The Balaban J connectivity index is 1.44. The minimum atomic E-state index is 0.273. The van der Waals surface area contributed by atoms with Crippen molar-refractivity contribution in [2.24, 2.45) is 0 Å². The van der Waals surface area contributed by atoms with E-state index in [4.69, 9.17) is 0 Å². The number of benzene rings is 1. The van der Waals surface area contributed by atoms with Crippen molar-refractivity contribution in [3.8, 4) is 5.69 Å². The average molecular weight is 341 g/mol. The van der Waals surface area contributed by atoms with Gasteiger partial charge in [-0.05, 0) is 48.2 Å². The number of amides is 1. The smallest absolute Gasteiger partial charge is 0.222 e. The summed E-state index contributed by atoms with van der Waals surface area (Å²) in [5, 5.41) is 12.0. The van der Waals surface area contributed by atoms with E-state index in [1.54, 1.807) is 4.68 Å². The van der Waals surface area contributed by atoms with Crippen LogP contribution in [0.5, 0.6) is 0 Å². The van der Waals surface area contributed by atoms with Gasteiger partial charge in [-0.2, -0.15) is 4.68 Å². The van der Waals surface area contributed by atoms with Crippen LogP contribution >= 0.6 is 0 Å². The van der Waals surface area contributed by atoms with Crippen molar-refractivity contribution >= 4 is 5.91 Å². The Hall–Kier alpha value is -2.24. The predicted molar refractivity (Wildman–Crippen MR) is 96.4 cm³/mol. The number of aromatic nitrogens is 4. The molecule has 1 fully saturated rings. The van der Waals surface area contributed by atoms with Gasteiger partial charge in [-0.15, -0.1) is 5.10 Å². The molecule has 134 valence electrons. The Labute approximate surface area is 149 Å². The molecule has 0 N–H and O–H groups in total. The molecular formula is C19H27N5O. The predicted octanol–water partition coefficient (Wildman–Crippen LogP) is 3.17. The highest BCUT2D eigenvalue weighted by Crippen LogP contribution is 2.22. The van der Waals surface area contributed by atoms with Crippen molar-refractivity contribution in [3.63, 3.8) is 0 Å². The van der Waals surface area contributed by atoms with Crippen molar-refractivity contribution < 1.29 is 4.79 Å². The van der Waals surface area contributed by atoms with Gasteiger partial charge in [-0.25, -0.2) is 0 Å². The third-order valence-electron chi connectivity index (χ3n) is 5.09. The first-order valence-electron chi connectivity index (χ1n) is 9.34. The van der Waals surface area contributed by atoms with Crippen LogP contribution in [0.1, 0.15) is 57.2 Å². The molecule has 6 heteroatoms. The number of hydrogen-bond donors (Lipinski definition) is 0. The number of para-hydroxylation sites is 1. The molecule has 0 aliphatic heterocycles. The first-order valence-corrected chi connectivity index (χ1v) is 9.34. The monoisotopic (exact) mass is 341 g/mol. The molecule has 0 saturated heterocycles. The second-order valence-electron chi connectivity index (χ2n) is 6.85. The molecule has 1 aliphatic rings. The highest BCUT2D eigenvalue weighted by Gasteiger charge is 2.21. The molecule has 1 heterocycles. The van der Waals surface area contributed by atoms with Gasteiger partial charge >= 0.3 is 0 Å². The minimum absolute atomic E-state index is 0.273. The molecule has 0 radical (unpaired) electrons. The van der Waals surface area contributed by atoms with Crippen LogP contribution in [0.25, 0.3) is 5.69 Å². The summed E-state index contributed by atoms with van der Waals surface area (Å²) >= 11 is 0. The van der Waals surface area contributed by atoms with Gasteiger partial charge < -0.3 is 4.90 Å². The summed E-state index contributed by atoms with van der Waals surface area (Å²) in [6, 6.07) is 10.3. The van der Waals surface area contributed by atoms with E-state index in [1.807, 2.05) is 42.3 Å². The number of unbranched alkanes of at least 4 members (excludes halogenated alkanes) is 1. The first kappa shape index (κ1) is 17.6. The lowest BCUT2D eigenvalue weighted by Gasteiger charge is -2.31. The highest BCUT2D eigenvalue weighted by atomic mass is 16.2. The second-order valence-corrected chi connectivity index (χ2v) is 6.85. The summed E-state index contributed by atoms with van der Waals surface area (Å²) in [5.74, 6) is 1.12. The number of carbonyl (C=O) groups excluding carboxylic acids is 1. The van der Waals surface area contributed by atoms with Crippen molar-refractivity contribution in [2.75, 3.05) is 7.05 Å². The van der Waals surface area contributed by atoms with Crippen LogP contribution in [-0.2, 0) is 11.2 Å². The fourth-order valence-electron chi connectivity index (χ4n) is 3.54. The second kappa shape index (κ2) is 8.74. The van der Waals surface area contributed by atoms with Crippen molar-refractivity contribution in [1.29, 1.82) is 0 Å². The van der Waals surface area contributed by atoms with Gasteiger partial charge in [0.25, 0.3) is 0 Å². The molecule has 6 nitrogen and oxygen atoms in total. The topological polar surface area (TPSA) is 63.9 Å². The molecule has 2 aromatic rings. The van der Waals surface area contributed by atoms with Crippen molar-refractivity contribution in [3.05, 3.63) is 36.2 Å². The van der Waals surface area contributed by atoms with Crippen LogP contribution in [0.2, 0.25) is 0 Å². The van der Waals surface area contributed by atoms with Gasteiger partial charge in [0, 0.05) is 25.9 Å². The maximum atomic E-state index is 12.4. The molecular weight excluding hydrogens is 314 g/mol. The summed E-state index contributed by atoms with van der Waals surface area (Å²) in [5.41, 5.74) is 0.968. The zero-order chi connectivity index (χ0) is 17.5. The van der Waals surface area contributed by atoms with Gasteiger partial charge in [0.2, 0.25) is 5.91 Å². The van der Waals surface area contributed by atoms with Crippen LogP contribution < -0.4 is 0 Å². The van der Waals surface area contributed by atoms with E-state index in [0.717, 1.165) is 43.6 Å². The summed E-state index contributed by atoms with van der Waals surface area (Å²) in [6.45, 7) is 0. The normalized spacial score (nSPS) is 15.2. The zero-order valence-electron chi connectivity index (χ0n) is 15.0. The number of hydrogen-bond acceptors (Lipinski definition) is 4. The Kier molecular flexibility index (Phi) is 6.14. The number of rotatable bonds is 7. The molecule has 1 amide bonds. The van der Waals surface area contributed by atoms with Crippen molar-refractivity contribution in [1.82, 2.24) is 25.1 Å². The maximum Gasteiger partial charge on any atom is 0.222 e. The molecule has 0 bridgehead atoms. The lowest BCUT2D eigenvalue weighted by atomic mass is 9.94. The lowest BCUT2D eigenvalue weighted by molar-refractivity contribution is -0.132. The average Bonchev–Trinajstić information content (AvgIpc) is 3.14. The number of aryl methyl sites for hydroxylation is 1. The van der Waals surface area contributed by atoms with Crippen LogP contribution in [0.15, 0.2) is 30.3 Å². The van der Waals surface area contributed by atoms with Crippen LogP contribution in [-0.4, -0.2) is 44.1 Å². The Bertz CT molecular complexity index is 663. The molecule has 3 rings (SSSR count). The summed E-state index contributed by atoms with van der Waals surface area (Å²) in [6.07, 6.45) is 9.32. The largest absolute Gasteiger partial charge is 0.343 e. The molecule has 1 aromatic heterocycles. The van der Waals surface area contributed by atoms with E-state index < -0.39 is 0 Å². The Morgan fingerprint density at radius 1 is 1.16 bits per heavy atom. The zero-order valence-corrected chi connectivity index (χ0v) is 15.0. The van der Waals surface area contributed by atoms with E-state index in [0.29, 0.717) is 12.5 Å². The van der Waals surface area contributed by atoms with E-state index in [2.05, 4.69) is 15.5 Å². The summed E-state index contributed by atoms with van der Waals surface area (Å²) < 4.78 is 1.77. The standard InChI is InChI=1S/C19H27N5O/c1-23(16-10-4-2-5-11-16)19(25)15-9-8-14-18-20-21-22-24(18)17-12-6-3-7-13-17/h3,6-7,12-13,16H,2,4-5,8-11,14-15H2,1H3. The molecule has 25 heavy (non-hydrogen) atoms. The van der Waals surface area contributed by atoms with Crippen LogP contribution in [0.4, 0.5) is 0 Å². The van der Waals surface area contributed by atoms with Gasteiger partial charge in [0.15, 0.2) is 5.82 Å². The third-order valence-corrected chi connectivity index (χ3v) is 5.09. The molecule has 1 saturated carbocycles. The Morgan fingerprint density at radius 3 is 2.68 bits per heavy atom. The molecule has 0 atom stereocenters. The van der Waals surface area contributed by atoms with Gasteiger partial charge in [-0.1, -0.05) is 37.5 Å². The SMILES string of the molecule is CN(C(=O)CCCCc1nnnn1-c1ccccc1)C1CCCCC1. The van der Waals surface area contributed by atoms with E-state index >= 15 is 0 Å². The Morgan fingerprint density at radius 2 is 1.92 bits per heavy atom. The molecule has 1 aromatic carbocycles. The van der Waals surface area contributed by atoms with Crippen LogP contribution in [0, 0.1) is 0 Å².